The SMILES string of the molecule is CN=C1COC=C(CC2=CC=CCC2)O1. The van der Waals surface area contributed by atoms with Crippen LogP contribution in [0.4, 0.5) is 0 Å². The molecular formula is C12H15NO2. The Kier molecular flexibility index (Phi) is 3.22. The third kappa shape index (κ3) is 2.72. The van der Waals surface area contributed by atoms with Crippen LogP contribution in [0.2, 0.25) is 0 Å². The Bertz CT molecular complexity index is 351. The lowest BCUT2D eigenvalue weighted by atomic mass is 10.0. The second-order valence-electron chi connectivity index (χ2n) is 3.58. The van der Waals surface area contributed by atoms with E-state index < -0.39 is 0 Å². The number of hydrogen-bond acceptors (Lipinski definition) is 3. The van der Waals surface area contributed by atoms with Crippen LogP contribution in [0.5, 0.6) is 0 Å². The Labute approximate surface area is 89.8 Å². The Morgan fingerprint density at radius 2 is 2.40 bits per heavy atom. The summed E-state index contributed by atoms with van der Waals surface area (Å²) in [5.74, 6) is 1.50. The largest absolute Gasteiger partial charge is 0.488 e. The smallest absolute Gasteiger partial charge is 0.227 e. The summed E-state index contributed by atoms with van der Waals surface area (Å²) in [6.45, 7) is 0.443. The monoisotopic (exact) mass is 205 g/mol. The van der Waals surface area contributed by atoms with Gasteiger partial charge < -0.3 is 9.47 Å². The summed E-state index contributed by atoms with van der Waals surface area (Å²) in [7, 11) is 1.71. The van der Waals surface area contributed by atoms with Crippen molar-refractivity contribution in [1.29, 1.82) is 0 Å². The number of nitrogens with zero attached hydrogens (tertiary/aromatic N) is 1. The molecule has 0 atom stereocenters. The lowest BCUT2D eigenvalue weighted by Crippen LogP contribution is -2.16. The van der Waals surface area contributed by atoms with Crippen LogP contribution >= 0.6 is 0 Å². The maximum Gasteiger partial charge on any atom is 0.227 e. The Hall–Kier alpha value is -1.51. The van der Waals surface area contributed by atoms with Gasteiger partial charge in [0, 0.05) is 13.5 Å². The van der Waals surface area contributed by atoms with E-state index in [1.54, 1.807) is 13.3 Å². The highest BCUT2D eigenvalue weighted by Crippen LogP contribution is 2.22. The molecule has 0 radical (unpaired) electrons. The predicted molar refractivity (Wildman–Crippen MR) is 59.6 cm³/mol. The van der Waals surface area contributed by atoms with Crippen molar-refractivity contribution in [1.82, 2.24) is 0 Å². The Morgan fingerprint density at radius 3 is 3.13 bits per heavy atom. The normalized spacial score (nSPS) is 22.9. The van der Waals surface area contributed by atoms with E-state index in [-0.39, 0.29) is 0 Å². The molecule has 0 N–H and O–H groups in total. The molecule has 0 fully saturated rings. The van der Waals surface area contributed by atoms with Crippen LogP contribution in [0.25, 0.3) is 0 Å². The molecule has 0 aromatic heterocycles. The average molecular weight is 205 g/mol. The molecule has 0 spiro atoms. The standard InChI is InChI=1S/C12H15NO2/c1-13-12-9-14-8-11(15-12)7-10-5-3-2-4-6-10/h2-3,5,8H,4,6-7,9H2,1H3. The van der Waals surface area contributed by atoms with E-state index in [1.165, 1.54) is 5.57 Å². The topological polar surface area (TPSA) is 30.8 Å². The van der Waals surface area contributed by atoms with Crippen molar-refractivity contribution < 1.29 is 9.47 Å². The first-order valence-corrected chi connectivity index (χ1v) is 5.17. The van der Waals surface area contributed by atoms with Crippen molar-refractivity contribution in [2.75, 3.05) is 13.7 Å². The minimum absolute atomic E-state index is 0.443. The molecule has 0 aromatic rings. The van der Waals surface area contributed by atoms with Gasteiger partial charge in [0.2, 0.25) is 5.90 Å². The molecular weight excluding hydrogens is 190 g/mol. The van der Waals surface area contributed by atoms with Crippen LogP contribution in [0.1, 0.15) is 19.3 Å². The molecule has 80 valence electrons. The second kappa shape index (κ2) is 4.82. The van der Waals surface area contributed by atoms with Gasteiger partial charge in [-0.15, -0.1) is 0 Å². The molecule has 0 aromatic carbocycles. The third-order valence-electron chi connectivity index (χ3n) is 2.42. The number of allylic oxidation sites excluding steroid dienone is 4. The minimum atomic E-state index is 0.443. The summed E-state index contributed by atoms with van der Waals surface area (Å²) < 4.78 is 10.8. The molecule has 1 heterocycles. The zero-order chi connectivity index (χ0) is 10.5. The van der Waals surface area contributed by atoms with Crippen LogP contribution in [0.3, 0.4) is 0 Å². The van der Waals surface area contributed by atoms with Gasteiger partial charge in [-0.1, -0.05) is 23.8 Å². The lowest BCUT2D eigenvalue weighted by Gasteiger charge is -2.18. The first-order valence-electron chi connectivity index (χ1n) is 5.17. The van der Waals surface area contributed by atoms with Crippen molar-refractivity contribution in [3.05, 3.63) is 35.8 Å². The van der Waals surface area contributed by atoms with Crippen molar-refractivity contribution in [3.63, 3.8) is 0 Å². The zero-order valence-corrected chi connectivity index (χ0v) is 8.90. The van der Waals surface area contributed by atoms with Gasteiger partial charge >= 0.3 is 0 Å². The van der Waals surface area contributed by atoms with E-state index in [1.807, 2.05) is 0 Å². The molecule has 2 rings (SSSR count). The van der Waals surface area contributed by atoms with Crippen LogP contribution in [-0.4, -0.2) is 19.6 Å². The Morgan fingerprint density at radius 1 is 1.47 bits per heavy atom. The van der Waals surface area contributed by atoms with Crippen LogP contribution in [-0.2, 0) is 9.47 Å². The summed E-state index contributed by atoms with van der Waals surface area (Å²) in [6, 6.07) is 0. The summed E-state index contributed by atoms with van der Waals surface area (Å²) >= 11 is 0. The van der Waals surface area contributed by atoms with Gasteiger partial charge in [-0.2, -0.15) is 0 Å². The van der Waals surface area contributed by atoms with E-state index in [2.05, 4.69) is 23.2 Å². The highest BCUT2D eigenvalue weighted by atomic mass is 16.6. The van der Waals surface area contributed by atoms with E-state index in [0.29, 0.717) is 12.5 Å². The van der Waals surface area contributed by atoms with Crippen molar-refractivity contribution >= 4 is 5.90 Å². The number of aliphatic imine (C=N–C) groups is 1. The maximum atomic E-state index is 5.56. The fraction of sp³-hybridized carbons (Fsp3) is 0.417. The first kappa shape index (κ1) is 10.0. The fourth-order valence-electron chi connectivity index (χ4n) is 1.62. The molecule has 1 aliphatic heterocycles. The summed E-state index contributed by atoms with van der Waals surface area (Å²) in [6.07, 6.45) is 11.2. The average Bonchev–Trinajstić information content (AvgIpc) is 2.31. The molecule has 3 nitrogen and oxygen atoms in total. The highest BCUT2D eigenvalue weighted by molar-refractivity contribution is 5.78. The second-order valence-corrected chi connectivity index (χ2v) is 3.58. The predicted octanol–water partition coefficient (Wildman–Crippen LogP) is 2.57. The Balaban J connectivity index is 1.97. The molecule has 15 heavy (non-hydrogen) atoms. The lowest BCUT2D eigenvalue weighted by molar-refractivity contribution is 0.211. The molecule has 0 unspecified atom stereocenters. The van der Waals surface area contributed by atoms with Gasteiger partial charge in [0.25, 0.3) is 0 Å². The van der Waals surface area contributed by atoms with Crippen LogP contribution in [0, 0.1) is 0 Å². The maximum absolute atomic E-state index is 5.56. The third-order valence-corrected chi connectivity index (χ3v) is 2.42. The zero-order valence-electron chi connectivity index (χ0n) is 8.90. The summed E-state index contributed by atoms with van der Waals surface area (Å²) in [4.78, 5) is 3.99. The minimum Gasteiger partial charge on any atom is -0.488 e. The molecule has 1 aliphatic carbocycles. The van der Waals surface area contributed by atoms with Crippen LogP contribution in [0.15, 0.2) is 40.8 Å². The van der Waals surface area contributed by atoms with E-state index in [9.17, 15) is 0 Å². The van der Waals surface area contributed by atoms with Gasteiger partial charge in [-0.05, 0) is 12.8 Å². The molecule has 3 heteroatoms. The molecule has 0 saturated heterocycles. The van der Waals surface area contributed by atoms with E-state index in [4.69, 9.17) is 9.47 Å². The van der Waals surface area contributed by atoms with Gasteiger partial charge in [0.15, 0.2) is 6.61 Å². The van der Waals surface area contributed by atoms with Gasteiger partial charge in [0.05, 0.1) is 0 Å². The highest BCUT2D eigenvalue weighted by Gasteiger charge is 2.13. The molecule has 0 bridgehead atoms. The van der Waals surface area contributed by atoms with Crippen molar-refractivity contribution in [2.24, 2.45) is 4.99 Å². The number of hydrogen-bond donors (Lipinski definition) is 0. The van der Waals surface area contributed by atoms with Gasteiger partial charge in [0.1, 0.15) is 12.0 Å². The number of rotatable bonds is 2. The molecule has 0 saturated carbocycles. The fourth-order valence-corrected chi connectivity index (χ4v) is 1.62. The van der Waals surface area contributed by atoms with Gasteiger partial charge in [-0.3, -0.25) is 4.99 Å². The van der Waals surface area contributed by atoms with Crippen molar-refractivity contribution in [2.45, 2.75) is 19.3 Å². The van der Waals surface area contributed by atoms with E-state index in [0.717, 1.165) is 25.0 Å². The van der Waals surface area contributed by atoms with E-state index >= 15 is 0 Å². The van der Waals surface area contributed by atoms with Crippen molar-refractivity contribution in [3.8, 4) is 0 Å². The molecule has 0 amide bonds. The summed E-state index contributed by atoms with van der Waals surface area (Å²) in [5.41, 5.74) is 1.38. The summed E-state index contributed by atoms with van der Waals surface area (Å²) in [5, 5.41) is 0. The molecule has 2 aliphatic rings. The number of ether oxygens (including phenoxy) is 2. The van der Waals surface area contributed by atoms with Crippen LogP contribution < -0.4 is 0 Å². The first-order chi connectivity index (χ1) is 7.38. The van der Waals surface area contributed by atoms with Gasteiger partial charge in [-0.25, -0.2) is 0 Å². The quantitative estimate of drug-likeness (QED) is 0.693.